The predicted molar refractivity (Wildman–Crippen MR) is 75.3 cm³/mol. The molecule has 1 aromatic carbocycles. The van der Waals surface area contributed by atoms with Crippen LogP contribution < -0.4 is 10.6 Å². The van der Waals surface area contributed by atoms with E-state index in [1.807, 2.05) is 0 Å². The first-order valence-electron chi connectivity index (χ1n) is 6.81. The third-order valence-electron chi connectivity index (χ3n) is 4.04. The predicted octanol–water partition coefficient (Wildman–Crippen LogP) is 1.65. The Morgan fingerprint density at radius 1 is 1.29 bits per heavy atom. The summed E-state index contributed by atoms with van der Waals surface area (Å²) in [6.45, 7) is 1.34. The Hall–Kier alpha value is -1.66. The fourth-order valence-corrected chi connectivity index (χ4v) is 3.02. The third-order valence-corrected chi connectivity index (χ3v) is 4.41. The summed E-state index contributed by atoms with van der Waals surface area (Å²) in [6.07, 6.45) is 1.12. The largest absolute Gasteiger partial charge is 0.325 e. The smallest absolute Gasteiger partial charge is 0.323 e. The van der Waals surface area contributed by atoms with E-state index < -0.39 is 17.4 Å². The maximum Gasteiger partial charge on any atom is 0.325 e. The number of urea groups is 1. The average molecular weight is 312 g/mol. The Kier molecular flexibility index (Phi) is 3.59. The van der Waals surface area contributed by atoms with Crippen LogP contribution in [0.4, 0.5) is 9.18 Å². The van der Waals surface area contributed by atoms with Crippen LogP contribution >= 0.6 is 11.6 Å². The van der Waals surface area contributed by atoms with Crippen LogP contribution in [0.2, 0.25) is 5.02 Å². The number of hydrogen-bond acceptors (Lipinski definition) is 3. The van der Waals surface area contributed by atoms with Gasteiger partial charge >= 0.3 is 6.03 Å². The summed E-state index contributed by atoms with van der Waals surface area (Å²) in [6, 6.07) is 3.47. The molecule has 2 aliphatic heterocycles. The molecule has 2 aliphatic rings. The molecule has 0 bridgehead atoms. The van der Waals surface area contributed by atoms with Gasteiger partial charge in [-0.3, -0.25) is 9.69 Å². The van der Waals surface area contributed by atoms with Crippen LogP contribution in [0.25, 0.3) is 0 Å². The molecule has 5 nitrogen and oxygen atoms in total. The summed E-state index contributed by atoms with van der Waals surface area (Å²) in [5, 5.41) is 6.28. The van der Waals surface area contributed by atoms with Gasteiger partial charge in [-0.1, -0.05) is 11.6 Å². The number of rotatable bonds is 2. The van der Waals surface area contributed by atoms with Gasteiger partial charge in [-0.25, -0.2) is 9.18 Å². The molecular formula is C14H15ClFN3O2. The molecule has 1 spiro atoms. The van der Waals surface area contributed by atoms with Gasteiger partial charge in [-0.2, -0.15) is 0 Å². The van der Waals surface area contributed by atoms with Gasteiger partial charge in [0.25, 0.3) is 5.91 Å². The zero-order chi connectivity index (χ0) is 15.0. The number of carbonyl (C=O) groups excluding carboxylic acids is 2. The fraction of sp³-hybridized carbons (Fsp3) is 0.429. The first-order valence-corrected chi connectivity index (χ1v) is 7.18. The molecule has 0 aromatic heterocycles. The van der Waals surface area contributed by atoms with Crippen LogP contribution in [-0.2, 0) is 11.3 Å². The molecular weight excluding hydrogens is 297 g/mol. The lowest BCUT2D eigenvalue weighted by atomic mass is 9.88. The number of hydrogen-bond donors (Lipinski definition) is 2. The Labute approximate surface area is 126 Å². The lowest BCUT2D eigenvalue weighted by Crippen LogP contribution is -2.53. The number of carbonyl (C=O) groups is 2. The second-order valence-electron chi connectivity index (χ2n) is 5.39. The van der Waals surface area contributed by atoms with Crippen molar-refractivity contribution in [3.8, 4) is 0 Å². The number of imide groups is 1. The SMILES string of the molecule is O=C1NC2(CCNCC2)C(=O)N1Cc1cc(F)ccc1Cl. The number of benzene rings is 1. The molecule has 0 atom stereocenters. The van der Waals surface area contributed by atoms with Crippen LogP contribution in [0.15, 0.2) is 18.2 Å². The summed E-state index contributed by atoms with van der Waals surface area (Å²) < 4.78 is 13.3. The quantitative estimate of drug-likeness (QED) is 0.817. The van der Waals surface area contributed by atoms with Gasteiger partial charge in [0.2, 0.25) is 0 Å². The van der Waals surface area contributed by atoms with Crippen molar-refractivity contribution in [2.24, 2.45) is 0 Å². The molecule has 3 amide bonds. The van der Waals surface area contributed by atoms with Crippen molar-refractivity contribution in [1.82, 2.24) is 15.5 Å². The summed E-state index contributed by atoms with van der Waals surface area (Å²) in [5.74, 6) is -0.702. The molecule has 21 heavy (non-hydrogen) atoms. The molecule has 0 unspecified atom stereocenters. The van der Waals surface area contributed by atoms with E-state index >= 15 is 0 Å². The summed E-state index contributed by atoms with van der Waals surface area (Å²) in [4.78, 5) is 25.8. The monoisotopic (exact) mass is 311 g/mol. The first kappa shape index (κ1) is 14.3. The fourth-order valence-electron chi connectivity index (χ4n) is 2.85. The first-order chi connectivity index (χ1) is 10.0. The minimum atomic E-state index is -0.817. The maximum atomic E-state index is 13.3. The minimum Gasteiger partial charge on any atom is -0.323 e. The molecule has 3 rings (SSSR count). The van der Waals surface area contributed by atoms with Gasteiger partial charge in [0.05, 0.1) is 6.54 Å². The number of amides is 3. The van der Waals surface area contributed by atoms with Gasteiger partial charge in [-0.05, 0) is 49.7 Å². The van der Waals surface area contributed by atoms with Crippen molar-refractivity contribution >= 4 is 23.5 Å². The highest BCUT2D eigenvalue weighted by atomic mass is 35.5. The highest BCUT2D eigenvalue weighted by Gasteiger charge is 2.51. The van der Waals surface area contributed by atoms with Gasteiger partial charge in [0.15, 0.2) is 0 Å². The van der Waals surface area contributed by atoms with E-state index in [-0.39, 0.29) is 12.5 Å². The lowest BCUT2D eigenvalue weighted by molar-refractivity contribution is -0.132. The van der Waals surface area contributed by atoms with Crippen molar-refractivity contribution in [2.75, 3.05) is 13.1 Å². The zero-order valence-corrected chi connectivity index (χ0v) is 12.0. The van der Waals surface area contributed by atoms with E-state index in [1.54, 1.807) is 0 Å². The number of halogens is 2. The van der Waals surface area contributed by atoms with Crippen molar-refractivity contribution in [2.45, 2.75) is 24.9 Å². The van der Waals surface area contributed by atoms with Crippen LogP contribution in [0.1, 0.15) is 18.4 Å². The molecule has 2 heterocycles. The normalized spacial score (nSPS) is 21.0. The van der Waals surface area contributed by atoms with Crippen LogP contribution in [0, 0.1) is 5.82 Å². The molecule has 0 aliphatic carbocycles. The van der Waals surface area contributed by atoms with E-state index in [2.05, 4.69) is 10.6 Å². The Bertz CT molecular complexity index is 602. The van der Waals surface area contributed by atoms with E-state index in [0.717, 1.165) is 4.90 Å². The maximum absolute atomic E-state index is 13.3. The Balaban J connectivity index is 1.84. The van der Waals surface area contributed by atoms with Crippen molar-refractivity contribution in [3.05, 3.63) is 34.6 Å². The topological polar surface area (TPSA) is 61.4 Å². The molecule has 7 heteroatoms. The molecule has 2 fully saturated rings. The third kappa shape index (κ3) is 2.49. The summed E-state index contributed by atoms with van der Waals surface area (Å²) in [7, 11) is 0. The van der Waals surface area contributed by atoms with Crippen LogP contribution in [0.5, 0.6) is 0 Å². The number of nitrogens with zero attached hydrogens (tertiary/aromatic N) is 1. The Morgan fingerprint density at radius 3 is 2.71 bits per heavy atom. The number of piperidine rings is 1. The van der Waals surface area contributed by atoms with Gasteiger partial charge in [-0.15, -0.1) is 0 Å². The summed E-state index contributed by atoms with van der Waals surface area (Å²) >= 11 is 6.00. The molecule has 0 radical (unpaired) electrons. The van der Waals surface area contributed by atoms with Gasteiger partial charge in [0.1, 0.15) is 11.4 Å². The van der Waals surface area contributed by atoms with E-state index in [1.165, 1.54) is 18.2 Å². The highest BCUT2D eigenvalue weighted by molar-refractivity contribution is 6.31. The van der Waals surface area contributed by atoms with Crippen LogP contribution in [0.3, 0.4) is 0 Å². The standard InChI is InChI=1S/C14H15ClFN3O2/c15-11-2-1-10(16)7-9(11)8-19-12(20)14(18-13(19)21)3-5-17-6-4-14/h1-2,7,17H,3-6,8H2,(H,18,21). The average Bonchev–Trinajstić information content (AvgIpc) is 2.68. The van der Waals surface area contributed by atoms with E-state index in [9.17, 15) is 14.0 Å². The molecule has 112 valence electrons. The molecule has 0 saturated carbocycles. The van der Waals surface area contributed by atoms with Crippen molar-refractivity contribution in [3.63, 3.8) is 0 Å². The van der Waals surface area contributed by atoms with E-state index in [0.29, 0.717) is 36.5 Å². The number of nitrogens with one attached hydrogen (secondary N) is 2. The summed E-state index contributed by atoms with van der Waals surface area (Å²) in [5.41, 5.74) is -0.395. The second-order valence-corrected chi connectivity index (χ2v) is 5.80. The second kappa shape index (κ2) is 5.27. The van der Waals surface area contributed by atoms with Crippen molar-refractivity contribution in [1.29, 1.82) is 0 Å². The van der Waals surface area contributed by atoms with Crippen LogP contribution in [-0.4, -0.2) is 35.5 Å². The highest BCUT2D eigenvalue weighted by Crippen LogP contribution is 2.29. The Morgan fingerprint density at radius 2 is 2.00 bits per heavy atom. The zero-order valence-electron chi connectivity index (χ0n) is 11.3. The minimum absolute atomic E-state index is 0.0174. The lowest BCUT2D eigenvalue weighted by Gasteiger charge is -2.31. The van der Waals surface area contributed by atoms with E-state index in [4.69, 9.17) is 11.6 Å². The molecule has 1 aromatic rings. The molecule has 2 saturated heterocycles. The van der Waals surface area contributed by atoms with Gasteiger partial charge in [0, 0.05) is 5.02 Å². The molecule has 2 N–H and O–H groups in total. The van der Waals surface area contributed by atoms with Crippen molar-refractivity contribution < 1.29 is 14.0 Å². The van der Waals surface area contributed by atoms with Gasteiger partial charge < -0.3 is 10.6 Å².